The molecule has 0 atom stereocenters. The standard InChI is InChI=1S/C26H29F6NO3.ClH/c1-35-23(34)8-5-11-33-12-9-24(10-13-33,20-6-3-2-4-7-20)18-36-17-19-14-21(25(27,28)29)16-22(15-19)26(30,31)32;/h2-4,6-7,14-16H,5,8-13,17-18H2,1H3;1H. The summed E-state index contributed by atoms with van der Waals surface area (Å²) in [5.74, 6) is -0.262. The molecular weight excluding hydrogens is 524 g/mol. The van der Waals surface area contributed by atoms with E-state index in [-0.39, 0.29) is 43.2 Å². The summed E-state index contributed by atoms with van der Waals surface area (Å²) in [6, 6.07) is 11.1. The smallest absolute Gasteiger partial charge is 0.416 e. The predicted octanol–water partition coefficient (Wildman–Crippen LogP) is 6.65. The zero-order valence-corrected chi connectivity index (χ0v) is 21.1. The lowest BCUT2D eigenvalue weighted by molar-refractivity contribution is -0.143. The number of halogens is 7. The van der Waals surface area contributed by atoms with Crippen molar-refractivity contribution in [3.05, 3.63) is 70.8 Å². The number of methoxy groups -OCH3 is 1. The Morgan fingerprint density at radius 2 is 1.51 bits per heavy atom. The van der Waals surface area contributed by atoms with Crippen LogP contribution in [0.4, 0.5) is 26.3 Å². The van der Waals surface area contributed by atoms with Crippen LogP contribution < -0.4 is 0 Å². The van der Waals surface area contributed by atoms with E-state index in [1.165, 1.54) is 7.11 Å². The van der Waals surface area contributed by atoms with Crippen LogP contribution in [0.15, 0.2) is 48.5 Å². The number of ether oxygens (including phenoxy) is 2. The first-order valence-electron chi connectivity index (χ1n) is 11.6. The lowest BCUT2D eigenvalue weighted by atomic mass is 9.73. The van der Waals surface area contributed by atoms with Crippen LogP contribution in [0.5, 0.6) is 0 Å². The van der Waals surface area contributed by atoms with Crippen LogP contribution in [-0.4, -0.2) is 44.2 Å². The van der Waals surface area contributed by atoms with Crippen molar-refractivity contribution in [3.63, 3.8) is 0 Å². The Hall–Kier alpha value is -2.30. The second kappa shape index (κ2) is 13.0. The van der Waals surface area contributed by atoms with E-state index in [0.29, 0.717) is 37.8 Å². The van der Waals surface area contributed by atoms with Gasteiger partial charge in [0.1, 0.15) is 0 Å². The number of nitrogens with zero attached hydrogens (tertiary/aromatic N) is 1. The monoisotopic (exact) mass is 553 g/mol. The fourth-order valence-electron chi connectivity index (χ4n) is 4.53. The van der Waals surface area contributed by atoms with Crippen molar-refractivity contribution in [1.29, 1.82) is 0 Å². The molecule has 0 amide bonds. The van der Waals surface area contributed by atoms with Gasteiger partial charge in [-0.3, -0.25) is 4.79 Å². The van der Waals surface area contributed by atoms with Gasteiger partial charge in [-0.05, 0) is 68.2 Å². The molecule has 3 rings (SSSR count). The summed E-state index contributed by atoms with van der Waals surface area (Å²) in [4.78, 5) is 13.6. The zero-order chi connectivity index (χ0) is 26.4. The first kappa shape index (κ1) is 30.9. The van der Waals surface area contributed by atoms with Crippen molar-refractivity contribution in [2.75, 3.05) is 33.4 Å². The number of benzene rings is 2. The second-order valence-electron chi connectivity index (χ2n) is 9.07. The number of alkyl halides is 6. The number of hydrogen-bond donors (Lipinski definition) is 0. The van der Waals surface area contributed by atoms with Gasteiger partial charge in [0, 0.05) is 11.8 Å². The van der Waals surface area contributed by atoms with Crippen LogP contribution in [0.3, 0.4) is 0 Å². The molecule has 0 saturated carbocycles. The molecule has 11 heteroatoms. The van der Waals surface area contributed by atoms with Crippen molar-refractivity contribution < 1.29 is 40.6 Å². The first-order chi connectivity index (χ1) is 16.9. The molecule has 1 saturated heterocycles. The fraction of sp³-hybridized carbons (Fsp3) is 0.500. The summed E-state index contributed by atoms with van der Waals surface area (Å²) in [5.41, 5.74) is -2.29. The zero-order valence-electron chi connectivity index (χ0n) is 20.3. The molecule has 0 aliphatic carbocycles. The largest absolute Gasteiger partial charge is 0.469 e. The van der Waals surface area contributed by atoms with Crippen LogP contribution in [-0.2, 0) is 38.6 Å². The lowest BCUT2D eigenvalue weighted by Gasteiger charge is -2.42. The van der Waals surface area contributed by atoms with Crippen LogP contribution in [0, 0.1) is 0 Å². The number of carbonyl (C=O) groups excluding carboxylic acids is 1. The number of rotatable bonds is 9. The number of hydrogen-bond acceptors (Lipinski definition) is 4. The normalized spacial score (nSPS) is 16.2. The Morgan fingerprint density at radius 3 is 2.03 bits per heavy atom. The van der Waals surface area contributed by atoms with Gasteiger partial charge in [0.2, 0.25) is 0 Å². The van der Waals surface area contributed by atoms with Crippen LogP contribution in [0.1, 0.15) is 47.9 Å². The van der Waals surface area contributed by atoms with Gasteiger partial charge >= 0.3 is 18.3 Å². The van der Waals surface area contributed by atoms with Crippen molar-refractivity contribution in [2.45, 2.75) is 50.1 Å². The highest BCUT2D eigenvalue weighted by Crippen LogP contribution is 2.38. The molecule has 1 aliphatic rings. The van der Waals surface area contributed by atoms with Crippen LogP contribution in [0.25, 0.3) is 0 Å². The van der Waals surface area contributed by atoms with Gasteiger partial charge in [0.15, 0.2) is 0 Å². The molecule has 4 nitrogen and oxygen atoms in total. The summed E-state index contributed by atoms with van der Waals surface area (Å²) < 4.78 is 89.6. The first-order valence-corrected chi connectivity index (χ1v) is 11.6. The number of carbonyl (C=O) groups is 1. The van der Waals surface area contributed by atoms with E-state index >= 15 is 0 Å². The van der Waals surface area contributed by atoms with Crippen molar-refractivity contribution in [1.82, 2.24) is 4.90 Å². The van der Waals surface area contributed by atoms with E-state index in [0.717, 1.165) is 25.2 Å². The Labute approximate surface area is 218 Å². The highest BCUT2D eigenvalue weighted by molar-refractivity contribution is 5.85. The number of likely N-dealkylation sites (tertiary alicyclic amines) is 1. The molecule has 1 heterocycles. The van der Waals surface area contributed by atoms with Crippen LogP contribution >= 0.6 is 12.4 Å². The average Bonchev–Trinajstić information content (AvgIpc) is 2.84. The van der Waals surface area contributed by atoms with Gasteiger partial charge in [-0.2, -0.15) is 26.3 Å². The summed E-state index contributed by atoms with van der Waals surface area (Å²) in [7, 11) is 1.35. The summed E-state index contributed by atoms with van der Waals surface area (Å²) in [5, 5.41) is 0. The molecule has 0 aromatic heterocycles. The topological polar surface area (TPSA) is 38.8 Å². The number of esters is 1. The summed E-state index contributed by atoms with van der Waals surface area (Å²) in [6.45, 7) is 1.96. The van der Waals surface area contributed by atoms with Crippen molar-refractivity contribution >= 4 is 18.4 Å². The molecule has 0 radical (unpaired) electrons. The second-order valence-corrected chi connectivity index (χ2v) is 9.07. The maximum Gasteiger partial charge on any atom is 0.416 e. The summed E-state index contributed by atoms with van der Waals surface area (Å²) >= 11 is 0. The molecule has 0 unspecified atom stereocenters. The van der Waals surface area contributed by atoms with E-state index < -0.39 is 28.9 Å². The van der Waals surface area contributed by atoms with Gasteiger partial charge in [-0.25, -0.2) is 0 Å². The Balaban J connectivity index is 0.00000481. The molecule has 1 aliphatic heterocycles. The minimum Gasteiger partial charge on any atom is -0.469 e. The minimum atomic E-state index is -4.90. The Bertz CT molecular complexity index is 973. The van der Waals surface area contributed by atoms with E-state index in [1.807, 2.05) is 30.3 Å². The maximum absolute atomic E-state index is 13.2. The molecule has 37 heavy (non-hydrogen) atoms. The van der Waals surface area contributed by atoms with Gasteiger partial charge in [0.25, 0.3) is 0 Å². The predicted molar refractivity (Wildman–Crippen MR) is 128 cm³/mol. The third-order valence-electron chi connectivity index (χ3n) is 6.58. The minimum absolute atomic E-state index is 0. The SMILES string of the molecule is COC(=O)CCCN1CCC(COCc2cc(C(F)(F)F)cc(C(F)(F)F)c2)(c2ccccc2)CC1.Cl. The fourth-order valence-corrected chi connectivity index (χ4v) is 4.53. The third kappa shape index (κ3) is 8.61. The van der Waals surface area contributed by atoms with E-state index in [1.54, 1.807) is 0 Å². The Morgan fingerprint density at radius 1 is 0.946 bits per heavy atom. The molecular formula is C26H30ClF6NO3. The maximum atomic E-state index is 13.2. The molecule has 1 fully saturated rings. The summed E-state index contributed by atoms with van der Waals surface area (Å²) in [6.07, 6.45) is -7.41. The quantitative estimate of drug-likeness (QED) is 0.257. The number of piperidine rings is 1. The molecule has 2 aromatic rings. The van der Waals surface area contributed by atoms with Crippen molar-refractivity contribution in [2.24, 2.45) is 0 Å². The lowest BCUT2D eigenvalue weighted by Crippen LogP contribution is -2.45. The van der Waals surface area contributed by atoms with Crippen LogP contribution in [0.2, 0.25) is 0 Å². The van der Waals surface area contributed by atoms with E-state index in [9.17, 15) is 31.1 Å². The highest BCUT2D eigenvalue weighted by atomic mass is 35.5. The molecule has 0 N–H and O–H groups in total. The van der Waals surface area contributed by atoms with Crippen molar-refractivity contribution in [3.8, 4) is 0 Å². The van der Waals surface area contributed by atoms with Gasteiger partial charge < -0.3 is 14.4 Å². The highest BCUT2D eigenvalue weighted by Gasteiger charge is 2.38. The van der Waals surface area contributed by atoms with Gasteiger partial charge in [-0.1, -0.05) is 30.3 Å². The Kier molecular flexibility index (Phi) is 10.8. The van der Waals surface area contributed by atoms with E-state index in [4.69, 9.17) is 4.74 Å². The molecule has 206 valence electrons. The van der Waals surface area contributed by atoms with Gasteiger partial charge in [0.05, 0.1) is 31.5 Å². The van der Waals surface area contributed by atoms with Gasteiger partial charge in [-0.15, -0.1) is 12.4 Å². The molecule has 2 aromatic carbocycles. The van der Waals surface area contributed by atoms with E-state index in [2.05, 4.69) is 9.64 Å². The average molecular weight is 554 g/mol. The molecule has 0 spiro atoms. The third-order valence-corrected chi connectivity index (χ3v) is 6.58. The molecule has 0 bridgehead atoms.